The summed E-state index contributed by atoms with van der Waals surface area (Å²) in [5.41, 5.74) is 0.252. The average Bonchev–Trinajstić information content (AvgIpc) is 2.14. The number of nitrogens with one attached hydrogen (secondary N) is 1. The van der Waals surface area contributed by atoms with Gasteiger partial charge in [0.1, 0.15) is 0 Å². The lowest BCUT2D eigenvalue weighted by atomic mass is 10.1. The minimum Gasteiger partial charge on any atom is -0.377 e. The number of hydrogen-bond donors (Lipinski definition) is 1. The zero-order valence-electron chi connectivity index (χ0n) is 10.8. The molecular weight excluding hydrogens is 186 g/mol. The van der Waals surface area contributed by atoms with Crippen LogP contribution in [0.2, 0.25) is 0 Å². The smallest absolute Gasteiger partial charge is 0.0647 e. The summed E-state index contributed by atoms with van der Waals surface area (Å²) in [7, 11) is 0. The van der Waals surface area contributed by atoms with Crippen LogP contribution in [0, 0.1) is 0 Å². The van der Waals surface area contributed by atoms with E-state index < -0.39 is 0 Å². The monoisotopic (exact) mass is 213 g/mol. The van der Waals surface area contributed by atoms with Crippen molar-refractivity contribution < 1.29 is 4.74 Å². The fourth-order valence-corrected chi connectivity index (χ4v) is 1.22. The van der Waals surface area contributed by atoms with E-state index in [1.165, 1.54) is 19.3 Å². The second kappa shape index (κ2) is 8.93. The molecule has 0 saturated heterocycles. The lowest BCUT2D eigenvalue weighted by molar-refractivity contribution is 0.157. The summed E-state index contributed by atoms with van der Waals surface area (Å²) in [6.07, 6.45) is 7.72. The standard InChI is InChI=1S/C13H27NO/c1-5-6-11-15-12-9-7-8-10-14-13(2,3)4/h5-6,14H,7-12H2,1-4H3. The number of ether oxygens (including phenoxy) is 1. The van der Waals surface area contributed by atoms with Gasteiger partial charge in [0.2, 0.25) is 0 Å². The van der Waals surface area contributed by atoms with Crippen LogP contribution < -0.4 is 5.32 Å². The van der Waals surface area contributed by atoms with Crippen molar-refractivity contribution in [2.45, 2.75) is 52.5 Å². The Morgan fingerprint density at radius 3 is 2.47 bits per heavy atom. The van der Waals surface area contributed by atoms with E-state index in [1.807, 2.05) is 19.1 Å². The van der Waals surface area contributed by atoms with Crippen molar-refractivity contribution in [3.05, 3.63) is 12.2 Å². The molecule has 0 radical (unpaired) electrons. The molecule has 0 amide bonds. The van der Waals surface area contributed by atoms with E-state index in [1.54, 1.807) is 0 Å². The van der Waals surface area contributed by atoms with Gasteiger partial charge in [-0.05, 0) is 53.5 Å². The maximum Gasteiger partial charge on any atom is 0.0647 e. The third-order valence-electron chi connectivity index (χ3n) is 2.07. The molecule has 90 valence electrons. The SMILES string of the molecule is CC=CCOCCCCCNC(C)(C)C. The van der Waals surface area contributed by atoms with Gasteiger partial charge in [0.15, 0.2) is 0 Å². The molecule has 15 heavy (non-hydrogen) atoms. The highest BCUT2D eigenvalue weighted by atomic mass is 16.5. The molecule has 1 N–H and O–H groups in total. The first kappa shape index (κ1) is 14.7. The second-order valence-electron chi connectivity index (χ2n) is 4.88. The van der Waals surface area contributed by atoms with Gasteiger partial charge in [-0.15, -0.1) is 0 Å². The van der Waals surface area contributed by atoms with Crippen molar-refractivity contribution in [1.82, 2.24) is 5.32 Å². The van der Waals surface area contributed by atoms with Crippen LogP contribution >= 0.6 is 0 Å². The van der Waals surface area contributed by atoms with Gasteiger partial charge in [-0.3, -0.25) is 0 Å². The van der Waals surface area contributed by atoms with E-state index in [2.05, 4.69) is 26.1 Å². The number of hydrogen-bond acceptors (Lipinski definition) is 2. The maximum absolute atomic E-state index is 5.41. The molecule has 0 aliphatic carbocycles. The van der Waals surface area contributed by atoms with Crippen LogP contribution in [0.5, 0.6) is 0 Å². The van der Waals surface area contributed by atoms with Crippen LogP contribution in [0.4, 0.5) is 0 Å². The first-order chi connectivity index (χ1) is 7.06. The molecule has 0 aromatic carbocycles. The van der Waals surface area contributed by atoms with Gasteiger partial charge in [0.25, 0.3) is 0 Å². The molecule has 0 bridgehead atoms. The topological polar surface area (TPSA) is 21.3 Å². The Morgan fingerprint density at radius 2 is 1.87 bits per heavy atom. The molecule has 0 rings (SSSR count). The molecule has 0 spiro atoms. The Labute approximate surface area is 95.1 Å². The van der Waals surface area contributed by atoms with E-state index in [-0.39, 0.29) is 5.54 Å². The van der Waals surface area contributed by atoms with Crippen LogP contribution in [0.25, 0.3) is 0 Å². The Kier molecular flexibility index (Phi) is 8.73. The molecule has 0 unspecified atom stereocenters. The predicted molar refractivity (Wildman–Crippen MR) is 67.2 cm³/mol. The summed E-state index contributed by atoms with van der Waals surface area (Å²) in [5, 5.41) is 3.48. The second-order valence-corrected chi connectivity index (χ2v) is 4.88. The van der Waals surface area contributed by atoms with Crippen LogP contribution in [0.1, 0.15) is 47.0 Å². The van der Waals surface area contributed by atoms with Crippen LogP contribution in [-0.4, -0.2) is 25.3 Å². The Morgan fingerprint density at radius 1 is 1.13 bits per heavy atom. The summed E-state index contributed by atoms with van der Waals surface area (Å²) in [5.74, 6) is 0. The molecule has 0 aromatic rings. The predicted octanol–water partition coefficient (Wildman–Crippen LogP) is 3.14. The number of rotatable bonds is 8. The molecule has 0 aromatic heterocycles. The zero-order chi connectivity index (χ0) is 11.6. The van der Waals surface area contributed by atoms with E-state index in [0.29, 0.717) is 0 Å². The molecule has 0 aliphatic heterocycles. The van der Waals surface area contributed by atoms with Gasteiger partial charge < -0.3 is 10.1 Å². The van der Waals surface area contributed by atoms with Gasteiger partial charge in [-0.2, -0.15) is 0 Å². The summed E-state index contributed by atoms with van der Waals surface area (Å²) in [6.45, 7) is 11.4. The third kappa shape index (κ3) is 13.7. The van der Waals surface area contributed by atoms with Crippen LogP contribution in [0.3, 0.4) is 0 Å². The molecule has 0 aliphatic rings. The molecular formula is C13H27NO. The van der Waals surface area contributed by atoms with Crippen molar-refractivity contribution in [2.24, 2.45) is 0 Å². The van der Waals surface area contributed by atoms with Crippen molar-refractivity contribution in [1.29, 1.82) is 0 Å². The highest BCUT2D eigenvalue weighted by Crippen LogP contribution is 2.00. The molecule has 0 atom stereocenters. The zero-order valence-corrected chi connectivity index (χ0v) is 10.8. The van der Waals surface area contributed by atoms with Gasteiger partial charge >= 0.3 is 0 Å². The summed E-state index contributed by atoms with van der Waals surface area (Å²) < 4.78 is 5.41. The molecule has 2 nitrogen and oxygen atoms in total. The molecule has 0 heterocycles. The normalized spacial score (nSPS) is 12.5. The largest absolute Gasteiger partial charge is 0.377 e. The number of unbranched alkanes of at least 4 members (excludes halogenated alkanes) is 2. The summed E-state index contributed by atoms with van der Waals surface area (Å²) in [6, 6.07) is 0. The van der Waals surface area contributed by atoms with E-state index in [4.69, 9.17) is 4.74 Å². The fourth-order valence-electron chi connectivity index (χ4n) is 1.22. The first-order valence-corrected chi connectivity index (χ1v) is 6.00. The Balaban J connectivity index is 3.05. The van der Waals surface area contributed by atoms with E-state index in [0.717, 1.165) is 19.8 Å². The average molecular weight is 213 g/mol. The third-order valence-corrected chi connectivity index (χ3v) is 2.07. The molecule has 0 fully saturated rings. The number of allylic oxidation sites excluding steroid dienone is 1. The fraction of sp³-hybridized carbons (Fsp3) is 0.846. The van der Waals surface area contributed by atoms with Crippen LogP contribution in [-0.2, 0) is 4.74 Å². The van der Waals surface area contributed by atoms with Gasteiger partial charge in [0, 0.05) is 12.1 Å². The van der Waals surface area contributed by atoms with E-state index >= 15 is 0 Å². The quantitative estimate of drug-likeness (QED) is 0.494. The summed E-state index contributed by atoms with van der Waals surface area (Å²) in [4.78, 5) is 0. The minimum atomic E-state index is 0.252. The first-order valence-electron chi connectivity index (χ1n) is 6.00. The molecule has 0 saturated carbocycles. The van der Waals surface area contributed by atoms with Crippen molar-refractivity contribution in [3.8, 4) is 0 Å². The molecule has 2 heteroatoms. The van der Waals surface area contributed by atoms with Gasteiger partial charge in [0.05, 0.1) is 6.61 Å². The van der Waals surface area contributed by atoms with Gasteiger partial charge in [-0.1, -0.05) is 12.2 Å². The van der Waals surface area contributed by atoms with Gasteiger partial charge in [-0.25, -0.2) is 0 Å². The Bertz CT molecular complexity index is 158. The maximum atomic E-state index is 5.41. The van der Waals surface area contributed by atoms with Crippen molar-refractivity contribution in [3.63, 3.8) is 0 Å². The highest BCUT2D eigenvalue weighted by Gasteiger charge is 2.06. The minimum absolute atomic E-state index is 0.252. The van der Waals surface area contributed by atoms with Crippen molar-refractivity contribution >= 4 is 0 Å². The Hall–Kier alpha value is -0.340. The van der Waals surface area contributed by atoms with Crippen LogP contribution in [0.15, 0.2) is 12.2 Å². The lowest BCUT2D eigenvalue weighted by Crippen LogP contribution is -2.36. The highest BCUT2D eigenvalue weighted by molar-refractivity contribution is 4.75. The van der Waals surface area contributed by atoms with E-state index in [9.17, 15) is 0 Å². The lowest BCUT2D eigenvalue weighted by Gasteiger charge is -2.20. The van der Waals surface area contributed by atoms with Crippen molar-refractivity contribution in [2.75, 3.05) is 19.8 Å². The summed E-state index contributed by atoms with van der Waals surface area (Å²) >= 11 is 0.